The van der Waals surface area contributed by atoms with E-state index in [4.69, 9.17) is 5.73 Å². The van der Waals surface area contributed by atoms with Crippen molar-refractivity contribution in [2.24, 2.45) is 0 Å². The van der Waals surface area contributed by atoms with Crippen LogP contribution in [-0.4, -0.2) is 5.91 Å². The van der Waals surface area contributed by atoms with Crippen LogP contribution in [0.15, 0.2) is 40.9 Å². The highest BCUT2D eigenvalue weighted by molar-refractivity contribution is 9.10. The summed E-state index contributed by atoms with van der Waals surface area (Å²) in [7, 11) is 0. The molecule has 0 radical (unpaired) electrons. The van der Waals surface area contributed by atoms with Gasteiger partial charge in [-0.1, -0.05) is 35.0 Å². The zero-order chi connectivity index (χ0) is 14.7. The lowest BCUT2D eigenvalue weighted by Gasteiger charge is -2.09. The molecule has 3 N–H and O–H groups in total. The molecule has 0 aliphatic carbocycles. The van der Waals surface area contributed by atoms with Gasteiger partial charge in [0.25, 0.3) is 5.91 Å². The van der Waals surface area contributed by atoms with Crippen molar-refractivity contribution in [1.82, 2.24) is 0 Å². The van der Waals surface area contributed by atoms with Crippen LogP contribution in [0, 0.1) is 6.92 Å². The molecule has 0 saturated carbocycles. The van der Waals surface area contributed by atoms with Gasteiger partial charge in [-0.05, 0) is 48.7 Å². The molecular weight excluding hydrogens is 316 g/mol. The van der Waals surface area contributed by atoms with Crippen LogP contribution < -0.4 is 11.1 Å². The van der Waals surface area contributed by atoms with Gasteiger partial charge in [0.2, 0.25) is 0 Å². The second-order valence-electron chi connectivity index (χ2n) is 4.69. The van der Waals surface area contributed by atoms with E-state index in [0.29, 0.717) is 16.9 Å². The van der Waals surface area contributed by atoms with Crippen molar-refractivity contribution in [1.29, 1.82) is 0 Å². The second-order valence-corrected chi connectivity index (χ2v) is 5.54. The van der Waals surface area contributed by atoms with Gasteiger partial charge in [-0.15, -0.1) is 0 Å². The number of carbonyl (C=O) groups excluding carboxylic acids is 1. The van der Waals surface area contributed by atoms with Gasteiger partial charge in [0.1, 0.15) is 0 Å². The highest BCUT2D eigenvalue weighted by atomic mass is 79.9. The third kappa shape index (κ3) is 3.20. The number of nitrogen functional groups attached to an aromatic ring is 1. The number of rotatable bonds is 3. The van der Waals surface area contributed by atoms with Gasteiger partial charge in [0.15, 0.2) is 0 Å². The van der Waals surface area contributed by atoms with Crippen LogP contribution in [0.4, 0.5) is 11.4 Å². The fraction of sp³-hybridized carbons (Fsp3) is 0.188. The highest BCUT2D eigenvalue weighted by Gasteiger charge is 2.08. The molecule has 0 bridgehead atoms. The molecule has 0 aliphatic heterocycles. The summed E-state index contributed by atoms with van der Waals surface area (Å²) in [5.74, 6) is -0.144. The van der Waals surface area contributed by atoms with Gasteiger partial charge in [0.05, 0.1) is 0 Å². The Bertz CT molecular complexity index is 653. The van der Waals surface area contributed by atoms with Crippen LogP contribution in [0.1, 0.15) is 28.4 Å². The van der Waals surface area contributed by atoms with E-state index in [-0.39, 0.29) is 5.91 Å². The topological polar surface area (TPSA) is 55.1 Å². The molecule has 0 saturated heterocycles. The number of nitrogens with two attached hydrogens (primary N) is 1. The van der Waals surface area contributed by atoms with Crippen LogP contribution in [-0.2, 0) is 6.42 Å². The first-order chi connectivity index (χ1) is 9.51. The molecule has 0 unspecified atom stereocenters. The van der Waals surface area contributed by atoms with Crippen molar-refractivity contribution in [3.63, 3.8) is 0 Å². The molecule has 0 spiro atoms. The molecule has 4 heteroatoms. The lowest BCUT2D eigenvalue weighted by atomic mass is 10.1. The van der Waals surface area contributed by atoms with E-state index in [1.165, 1.54) is 0 Å². The Morgan fingerprint density at radius 2 is 2.00 bits per heavy atom. The third-order valence-corrected chi connectivity index (χ3v) is 4.07. The lowest BCUT2D eigenvalue weighted by Crippen LogP contribution is -2.12. The normalized spacial score (nSPS) is 10.3. The zero-order valence-corrected chi connectivity index (χ0v) is 13.1. The summed E-state index contributed by atoms with van der Waals surface area (Å²) in [6, 6.07) is 11.1. The van der Waals surface area contributed by atoms with Crippen LogP contribution in [0.5, 0.6) is 0 Å². The molecule has 2 aromatic carbocycles. The maximum Gasteiger partial charge on any atom is 0.255 e. The summed E-state index contributed by atoms with van der Waals surface area (Å²) in [4.78, 5) is 12.2. The van der Waals surface area contributed by atoms with Crippen molar-refractivity contribution >= 4 is 33.2 Å². The van der Waals surface area contributed by atoms with Crippen molar-refractivity contribution < 1.29 is 4.79 Å². The summed E-state index contributed by atoms with van der Waals surface area (Å²) in [5.41, 5.74) is 10.1. The number of nitrogens with one attached hydrogen (secondary N) is 1. The fourth-order valence-corrected chi connectivity index (χ4v) is 2.31. The molecular formula is C16H17BrN2O. The van der Waals surface area contributed by atoms with E-state index in [1.54, 1.807) is 12.1 Å². The van der Waals surface area contributed by atoms with Crippen LogP contribution in [0.25, 0.3) is 0 Å². The van der Waals surface area contributed by atoms with E-state index < -0.39 is 0 Å². The highest BCUT2D eigenvalue weighted by Crippen LogP contribution is 2.21. The maximum absolute atomic E-state index is 12.2. The SMILES string of the molecule is CCc1ccc(NC(=O)c2ccc(C)c(Br)c2)cc1N. The molecule has 20 heavy (non-hydrogen) atoms. The average Bonchev–Trinajstić information content (AvgIpc) is 2.42. The first-order valence-corrected chi connectivity index (χ1v) is 7.26. The first kappa shape index (κ1) is 14.6. The number of aryl methyl sites for hydroxylation is 2. The molecule has 0 atom stereocenters. The standard InChI is InChI=1S/C16H17BrN2O/c1-3-11-6-7-13(9-15(11)18)19-16(20)12-5-4-10(2)14(17)8-12/h4-9H,3,18H2,1-2H3,(H,19,20). The fourth-order valence-electron chi connectivity index (χ4n) is 1.93. The van der Waals surface area contributed by atoms with Gasteiger partial charge in [-0.3, -0.25) is 4.79 Å². The largest absolute Gasteiger partial charge is 0.398 e. The van der Waals surface area contributed by atoms with Gasteiger partial charge < -0.3 is 11.1 Å². The summed E-state index contributed by atoms with van der Waals surface area (Å²) < 4.78 is 0.922. The first-order valence-electron chi connectivity index (χ1n) is 6.47. The molecule has 2 aromatic rings. The summed E-state index contributed by atoms with van der Waals surface area (Å²) in [6.07, 6.45) is 0.880. The van der Waals surface area contributed by atoms with Crippen molar-refractivity contribution in [3.05, 3.63) is 57.6 Å². The molecule has 0 aliphatic rings. The number of halogens is 1. The van der Waals surface area contributed by atoms with E-state index in [0.717, 1.165) is 22.0 Å². The molecule has 104 valence electrons. The number of carbonyl (C=O) groups is 1. The third-order valence-electron chi connectivity index (χ3n) is 3.22. The van der Waals surface area contributed by atoms with Crippen molar-refractivity contribution in [2.75, 3.05) is 11.1 Å². The number of hydrogen-bond acceptors (Lipinski definition) is 2. The predicted molar refractivity (Wildman–Crippen MR) is 87.1 cm³/mol. The number of benzene rings is 2. The Hall–Kier alpha value is -1.81. The number of anilines is 2. The average molecular weight is 333 g/mol. The molecule has 0 heterocycles. The Balaban J connectivity index is 2.19. The maximum atomic E-state index is 12.2. The zero-order valence-electron chi connectivity index (χ0n) is 11.5. The van der Waals surface area contributed by atoms with E-state index in [2.05, 4.69) is 21.2 Å². The quantitative estimate of drug-likeness (QED) is 0.829. The van der Waals surface area contributed by atoms with E-state index in [9.17, 15) is 4.79 Å². The van der Waals surface area contributed by atoms with Gasteiger partial charge in [0, 0.05) is 21.4 Å². The minimum atomic E-state index is -0.144. The van der Waals surface area contributed by atoms with Crippen molar-refractivity contribution in [3.8, 4) is 0 Å². The van der Waals surface area contributed by atoms with E-state index >= 15 is 0 Å². The smallest absolute Gasteiger partial charge is 0.255 e. The minimum Gasteiger partial charge on any atom is -0.398 e. The Labute approximate surface area is 127 Å². The molecule has 0 fully saturated rings. The lowest BCUT2D eigenvalue weighted by molar-refractivity contribution is 0.102. The summed E-state index contributed by atoms with van der Waals surface area (Å²) in [5, 5.41) is 2.86. The summed E-state index contributed by atoms with van der Waals surface area (Å²) in [6.45, 7) is 4.03. The molecule has 2 rings (SSSR count). The minimum absolute atomic E-state index is 0.144. The van der Waals surface area contributed by atoms with Crippen LogP contribution >= 0.6 is 15.9 Å². The van der Waals surface area contributed by atoms with Crippen molar-refractivity contribution in [2.45, 2.75) is 20.3 Å². The second kappa shape index (κ2) is 6.09. The molecule has 0 aromatic heterocycles. The number of hydrogen-bond donors (Lipinski definition) is 2. The predicted octanol–water partition coefficient (Wildman–Crippen LogP) is 4.15. The van der Waals surface area contributed by atoms with Gasteiger partial charge in [-0.2, -0.15) is 0 Å². The summed E-state index contributed by atoms with van der Waals surface area (Å²) >= 11 is 3.43. The van der Waals surface area contributed by atoms with Gasteiger partial charge >= 0.3 is 0 Å². The number of amides is 1. The Kier molecular flexibility index (Phi) is 4.45. The van der Waals surface area contributed by atoms with Gasteiger partial charge in [-0.25, -0.2) is 0 Å². The molecule has 1 amide bonds. The monoisotopic (exact) mass is 332 g/mol. The van der Waals surface area contributed by atoms with E-state index in [1.807, 2.05) is 38.1 Å². The Morgan fingerprint density at radius 3 is 2.60 bits per heavy atom. The van der Waals surface area contributed by atoms with Crippen LogP contribution in [0.2, 0.25) is 0 Å². The molecule has 3 nitrogen and oxygen atoms in total. The van der Waals surface area contributed by atoms with Crippen LogP contribution in [0.3, 0.4) is 0 Å². The Morgan fingerprint density at radius 1 is 1.25 bits per heavy atom.